The zero-order valence-electron chi connectivity index (χ0n) is 18.6. The number of nitrogens with one attached hydrogen (secondary N) is 2. The van der Waals surface area contributed by atoms with Crippen molar-refractivity contribution >= 4 is 35.4 Å². The molecule has 34 heavy (non-hydrogen) atoms. The molecule has 12 heteroatoms. The van der Waals surface area contributed by atoms with Gasteiger partial charge in [-0.1, -0.05) is 18.2 Å². The van der Waals surface area contributed by atoms with E-state index in [0.717, 1.165) is 31.2 Å². The van der Waals surface area contributed by atoms with Crippen molar-refractivity contribution < 1.29 is 22.4 Å². The summed E-state index contributed by atoms with van der Waals surface area (Å²) in [5.41, 5.74) is 3.78. The lowest BCUT2D eigenvalue weighted by atomic mass is 10.1. The fraction of sp³-hybridized carbons (Fsp3) is 0.364. The molecular weight excluding hydrogens is 476 g/mol. The number of hydrogen-bond acceptors (Lipinski definition) is 4. The first-order chi connectivity index (χ1) is 15.8. The third-order valence-electron chi connectivity index (χ3n) is 4.81. The fourth-order valence-corrected chi connectivity index (χ4v) is 3.19. The third-order valence-corrected chi connectivity index (χ3v) is 5.03. The minimum Gasteiger partial charge on any atom is -0.402 e. The summed E-state index contributed by atoms with van der Waals surface area (Å²) in [6, 6.07) is 1.85. The molecule has 0 heterocycles. The Kier molecular flexibility index (Phi) is 8.97. The Labute approximate surface area is 199 Å². The Morgan fingerprint density at radius 1 is 1.41 bits per heavy atom. The van der Waals surface area contributed by atoms with Crippen LogP contribution in [-0.2, 0) is 6.18 Å². The van der Waals surface area contributed by atoms with Gasteiger partial charge in [-0.25, -0.2) is 14.4 Å². The van der Waals surface area contributed by atoms with Crippen LogP contribution in [0.5, 0.6) is 0 Å². The molecule has 0 aliphatic heterocycles. The molecule has 1 atom stereocenters. The predicted octanol–water partition coefficient (Wildman–Crippen LogP) is 4.90. The van der Waals surface area contributed by atoms with Crippen LogP contribution in [0.2, 0.25) is 5.02 Å². The summed E-state index contributed by atoms with van der Waals surface area (Å²) in [5.74, 6) is -1.40. The smallest absolute Gasteiger partial charge is 0.402 e. The van der Waals surface area contributed by atoms with Gasteiger partial charge in [0.15, 0.2) is 5.83 Å². The molecule has 7 nitrogen and oxygen atoms in total. The molecule has 1 aromatic carbocycles. The predicted molar refractivity (Wildman–Crippen MR) is 125 cm³/mol. The number of nitrogens with zero attached hydrogens (tertiary/aromatic N) is 3. The molecule has 0 radical (unpaired) electrons. The van der Waals surface area contributed by atoms with Gasteiger partial charge in [-0.15, -0.1) is 0 Å². The van der Waals surface area contributed by atoms with E-state index < -0.39 is 29.5 Å². The van der Waals surface area contributed by atoms with Crippen molar-refractivity contribution in [3.8, 4) is 0 Å². The minimum absolute atomic E-state index is 0.0511. The summed E-state index contributed by atoms with van der Waals surface area (Å²) in [6.07, 6.45) is -1.43. The van der Waals surface area contributed by atoms with Gasteiger partial charge in [-0.2, -0.15) is 13.2 Å². The maximum Gasteiger partial charge on any atom is 0.416 e. The first kappa shape index (κ1) is 27.0. The molecule has 0 saturated heterocycles. The van der Waals surface area contributed by atoms with E-state index in [9.17, 15) is 22.4 Å². The number of rotatable bonds is 8. The Hall–Kier alpha value is -3.21. The molecule has 1 fully saturated rings. The molecule has 1 amide bonds. The topological polar surface area (TPSA) is 107 Å². The molecule has 0 spiro atoms. The van der Waals surface area contributed by atoms with E-state index in [1.54, 1.807) is 6.92 Å². The van der Waals surface area contributed by atoms with Gasteiger partial charge in [0.25, 0.3) is 5.91 Å². The van der Waals surface area contributed by atoms with Crippen LogP contribution >= 0.6 is 11.6 Å². The van der Waals surface area contributed by atoms with Crippen LogP contribution in [0.1, 0.15) is 42.6 Å². The van der Waals surface area contributed by atoms with Crippen molar-refractivity contribution in [2.24, 2.45) is 21.6 Å². The molecule has 2 rings (SSSR count). The molecule has 1 aromatic rings. The molecular formula is C22H25ClF4N6O. The van der Waals surface area contributed by atoms with E-state index >= 15 is 0 Å². The molecule has 1 aliphatic carbocycles. The van der Waals surface area contributed by atoms with Gasteiger partial charge in [0.1, 0.15) is 17.5 Å². The minimum atomic E-state index is -4.68. The van der Waals surface area contributed by atoms with E-state index in [0.29, 0.717) is 6.20 Å². The number of carbonyl (C=O) groups excluding carboxylic acids is 1. The molecule has 4 N–H and O–H groups in total. The van der Waals surface area contributed by atoms with Crippen LogP contribution in [0, 0.1) is 11.3 Å². The number of halogens is 5. The zero-order chi connectivity index (χ0) is 25.6. The number of carbonyl (C=O) groups is 1. The van der Waals surface area contributed by atoms with Gasteiger partial charge in [0.05, 0.1) is 17.8 Å². The van der Waals surface area contributed by atoms with Crippen LogP contribution in [0.25, 0.3) is 0 Å². The average molecular weight is 501 g/mol. The second-order valence-electron chi connectivity index (χ2n) is 7.77. The van der Waals surface area contributed by atoms with E-state index in [4.69, 9.17) is 22.7 Å². The summed E-state index contributed by atoms with van der Waals surface area (Å²) in [6.45, 7) is 6.89. The number of amides is 1. The number of benzene rings is 1. The lowest BCUT2D eigenvalue weighted by Crippen LogP contribution is -2.49. The summed E-state index contributed by atoms with van der Waals surface area (Å²) in [7, 11) is 0. The number of hydrogen-bond donors (Lipinski definition) is 3. The first-order valence-electron chi connectivity index (χ1n) is 10.2. The monoisotopic (exact) mass is 500 g/mol. The van der Waals surface area contributed by atoms with Gasteiger partial charge >= 0.3 is 6.18 Å². The van der Waals surface area contributed by atoms with Gasteiger partial charge in [-0.3, -0.25) is 10.2 Å². The number of aliphatic imine (C=N–C) groups is 2. The van der Waals surface area contributed by atoms with Crippen molar-refractivity contribution in [2.75, 3.05) is 6.54 Å². The van der Waals surface area contributed by atoms with Crippen LogP contribution in [-0.4, -0.2) is 41.3 Å². The number of allylic oxidation sites excluding steroid dienone is 1. The average Bonchev–Trinajstić information content (AvgIpc) is 3.57. The fourth-order valence-electron chi connectivity index (χ4n) is 2.95. The number of amidine groups is 2. The second-order valence-corrected chi connectivity index (χ2v) is 8.20. The number of alkyl halides is 3. The summed E-state index contributed by atoms with van der Waals surface area (Å²) in [4.78, 5) is 22.6. The van der Waals surface area contributed by atoms with E-state index in [2.05, 4.69) is 21.9 Å². The van der Waals surface area contributed by atoms with Crippen molar-refractivity contribution in [1.82, 2.24) is 10.2 Å². The Bertz CT molecular complexity index is 1050. The number of nitrogens with two attached hydrogens (primary N) is 1. The molecule has 1 saturated carbocycles. The molecule has 0 bridgehead atoms. The Morgan fingerprint density at radius 3 is 2.59 bits per heavy atom. The SMILES string of the molecule is C=C(/N=C\C(F)=C/N)N/C(=N\C(C)=N)C(C)N(CC1CC1)C(=O)c1cc(Cl)cc(C(F)(F)F)c1. The lowest BCUT2D eigenvalue weighted by molar-refractivity contribution is -0.137. The van der Waals surface area contributed by atoms with Gasteiger partial charge in [0.2, 0.25) is 0 Å². The largest absolute Gasteiger partial charge is 0.416 e. The highest BCUT2D eigenvalue weighted by molar-refractivity contribution is 6.31. The third kappa shape index (κ3) is 7.98. The highest BCUT2D eigenvalue weighted by Crippen LogP contribution is 2.34. The lowest BCUT2D eigenvalue weighted by Gasteiger charge is -2.31. The summed E-state index contributed by atoms with van der Waals surface area (Å²) >= 11 is 5.87. The molecule has 1 unspecified atom stereocenters. The van der Waals surface area contributed by atoms with E-state index in [1.807, 2.05) is 0 Å². The van der Waals surface area contributed by atoms with Gasteiger partial charge in [-0.05, 0) is 50.8 Å². The van der Waals surface area contributed by atoms with Gasteiger partial charge < -0.3 is 16.0 Å². The summed E-state index contributed by atoms with van der Waals surface area (Å²) in [5, 5.41) is 10.2. The zero-order valence-corrected chi connectivity index (χ0v) is 19.3. The van der Waals surface area contributed by atoms with Crippen LogP contribution in [0.4, 0.5) is 17.6 Å². The van der Waals surface area contributed by atoms with E-state index in [-0.39, 0.29) is 40.5 Å². The van der Waals surface area contributed by atoms with Crippen molar-refractivity contribution in [3.05, 3.63) is 58.8 Å². The van der Waals surface area contributed by atoms with Crippen LogP contribution < -0.4 is 11.1 Å². The van der Waals surface area contributed by atoms with Crippen molar-refractivity contribution in [2.45, 2.75) is 38.9 Å². The standard InChI is InChI=1S/C22H25ClF4N6O/c1-12(20(31-13(2)29)32-14(3)30-10-19(24)9-28)33(11-15-4-5-15)21(34)16-6-17(22(25,26)27)8-18(23)7-16/h6-10,12,15H,3-5,11,28H2,1-2H3,(H2,29,31,32)/b19-9+,30-10-. The normalized spacial score (nSPS) is 15.9. The molecule has 1 aliphatic rings. The summed E-state index contributed by atoms with van der Waals surface area (Å²) < 4.78 is 53.0. The quantitative estimate of drug-likeness (QED) is 0.268. The van der Waals surface area contributed by atoms with Gasteiger partial charge in [0, 0.05) is 23.3 Å². The Balaban J connectivity index is 2.40. The highest BCUT2D eigenvalue weighted by atomic mass is 35.5. The highest BCUT2D eigenvalue weighted by Gasteiger charge is 2.35. The molecule has 0 aromatic heterocycles. The van der Waals surface area contributed by atoms with Crippen LogP contribution in [0.15, 0.2) is 52.6 Å². The first-order valence-corrected chi connectivity index (χ1v) is 10.6. The van der Waals surface area contributed by atoms with Crippen molar-refractivity contribution in [1.29, 1.82) is 5.41 Å². The Morgan fingerprint density at radius 2 is 2.06 bits per heavy atom. The van der Waals surface area contributed by atoms with E-state index in [1.165, 1.54) is 17.9 Å². The maximum atomic E-state index is 13.4. The maximum absolute atomic E-state index is 13.4. The second kappa shape index (κ2) is 11.3. The molecule has 184 valence electrons. The van der Waals surface area contributed by atoms with Crippen molar-refractivity contribution in [3.63, 3.8) is 0 Å². The van der Waals surface area contributed by atoms with Crippen LogP contribution in [0.3, 0.4) is 0 Å².